The molecule has 4 nitrogen and oxygen atoms in total. The molecule has 28 heavy (non-hydrogen) atoms. The predicted octanol–water partition coefficient (Wildman–Crippen LogP) is 5.60. The van der Waals surface area contributed by atoms with Crippen molar-refractivity contribution in [1.82, 2.24) is 0 Å². The van der Waals surface area contributed by atoms with E-state index in [1.807, 2.05) is 6.07 Å². The zero-order valence-electron chi connectivity index (χ0n) is 15.9. The minimum atomic E-state index is -0.110. The molecule has 1 aliphatic heterocycles. The summed E-state index contributed by atoms with van der Waals surface area (Å²) in [6.07, 6.45) is 4.01. The Morgan fingerprint density at radius 2 is 1.96 bits per heavy atom. The van der Waals surface area contributed by atoms with Gasteiger partial charge in [0.05, 0.1) is 0 Å². The third-order valence-corrected chi connectivity index (χ3v) is 6.16. The molecule has 0 spiro atoms. The van der Waals surface area contributed by atoms with Gasteiger partial charge >= 0.3 is 0 Å². The number of rotatable bonds is 5. The van der Waals surface area contributed by atoms with Crippen LogP contribution in [0.5, 0.6) is 0 Å². The quantitative estimate of drug-likeness (QED) is 0.532. The van der Waals surface area contributed by atoms with Crippen molar-refractivity contribution in [2.24, 2.45) is 0 Å². The van der Waals surface area contributed by atoms with Crippen molar-refractivity contribution in [2.75, 3.05) is 18.0 Å². The first kappa shape index (κ1) is 18.5. The second-order valence-corrected chi connectivity index (χ2v) is 7.98. The molecular formula is C23H22N2O2S. The van der Waals surface area contributed by atoms with Gasteiger partial charge in [-0.1, -0.05) is 6.07 Å². The number of hydrogen-bond donors (Lipinski definition) is 0. The van der Waals surface area contributed by atoms with Crippen LogP contribution in [-0.4, -0.2) is 18.9 Å². The summed E-state index contributed by atoms with van der Waals surface area (Å²) in [7, 11) is 0. The number of nitriles is 1. The van der Waals surface area contributed by atoms with Crippen molar-refractivity contribution >= 4 is 22.8 Å². The van der Waals surface area contributed by atoms with Crippen LogP contribution in [0.1, 0.15) is 46.7 Å². The average Bonchev–Trinajstić information content (AvgIpc) is 3.38. The third-order valence-electron chi connectivity index (χ3n) is 5.30. The number of anilines is 1. The van der Waals surface area contributed by atoms with Gasteiger partial charge in [0.1, 0.15) is 6.07 Å². The molecule has 3 heterocycles. The fourth-order valence-electron chi connectivity index (χ4n) is 3.76. The summed E-state index contributed by atoms with van der Waals surface area (Å²) in [5.41, 5.74) is 5.73. The third kappa shape index (κ3) is 3.74. The van der Waals surface area contributed by atoms with Gasteiger partial charge < -0.3 is 9.32 Å². The normalized spacial score (nSPS) is 14.1. The average molecular weight is 391 g/mol. The summed E-state index contributed by atoms with van der Waals surface area (Å²) in [6, 6.07) is 11.5. The lowest BCUT2D eigenvalue weighted by Gasteiger charge is -2.29. The lowest BCUT2D eigenvalue weighted by Crippen LogP contribution is -2.29. The summed E-state index contributed by atoms with van der Waals surface area (Å²) in [5, 5.41) is 13.2. The second-order valence-electron chi connectivity index (χ2n) is 7.23. The van der Waals surface area contributed by atoms with E-state index >= 15 is 0 Å². The first-order chi connectivity index (χ1) is 13.7. The summed E-state index contributed by atoms with van der Waals surface area (Å²) >= 11 is 1.68. The maximum atomic E-state index is 12.7. The highest BCUT2D eigenvalue weighted by atomic mass is 32.1. The summed E-state index contributed by atoms with van der Waals surface area (Å²) in [6.45, 7) is 4.28. The number of thiophene rings is 1. The van der Waals surface area contributed by atoms with E-state index in [-0.39, 0.29) is 23.7 Å². The van der Waals surface area contributed by atoms with Crippen LogP contribution in [0.25, 0.3) is 11.1 Å². The fraction of sp³-hybridized carbons (Fsp3) is 0.304. The van der Waals surface area contributed by atoms with Crippen LogP contribution in [-0.2, 0) is 6.42 Å². The van der Waals surface area contributed by atoms with E-state index in [0.717, 1.165) is 24.2 Å². The smallest absolute Gasteiger partial charge is 0.204 e. The minimum Gasteiger partial charge on any atom is -0.442 e. The Balaban J connectivity index is 1.68. The topological polar surface area (TPSA) is 57.2 Å². The number of piperidine rings is 1. The van der Waals surface area contributed by atoms with Gasteiger partial charge in [-0.3, -0.25) is 4.79 Å². The summed E-state index contributed by atoms with van der Waals surface area (Å²) in [5.74, 6) is 0.295. The number of furan rings is 1. The molecule has 0 saturated carbocycles. The number of Topliss-reactive ketones (excluding diaryl/α,β-unsaturated/α-hetero) is 1. The van der Waals surface area contributed by atoms with Crippen molar-refractivity contribution < 1.29 is 9.21 Å². The molecule has 1 aromatic carbocycles. The molecule has 0 N–H and O–H groups in total. The zero-order chi connectivity index (χ0) is 19.5. The lowest BCUT2D eigenvalue weighted by atomic mass is 9.94. The molecule has 3 aromatic rings. The molecule has 5 heteroatoms. The van der Waals surface area contributed by atoms with Crippen molar-refractivity contribution in [1.29, 1.82) is 5.26 Å². The van der Waals surface area contributed by atoms with E-state index < -0.39 is 0 Å². The SMILES string of the molecule is Cc1cscc1-c1cc(N2CCCCC2)ccc1CC(=O)c1ccc(C#N)o1. The number of benzene rings is 1. The molecule has 0 unspecified atom stereocenters. The molecule has 142 valence electrons. The van der Waals surface area contributed by atoms with E-state index in [0.29, 0.717) is 0 Å². The predicted molar refractivity (Wildman–Crippen MR) is 112 cm³/mol. The van der Waals surface area contributed by atoms with Crippen LogP contribution in [0.15, 0.2) is 45.5 Å². The van der Waals surface area contributed by atoms with Gasteiger partial charge in [0.2, 0.25) is 11.5 Å². The molecule has 0 amide bonds. The highest BCUT2D eigenvalue weighted by Gasteiger charge is 2.18. The van der Waals surface area contributed by atoms with Gasteiger partial charge in [0, 0.05) is 25.2 Å². The number of ketones is 1. The van der Waals surface area contributed by atoms with Crippen molar-refractivity contribution in [2.45, 2.75) is 32.6 Å². The van der Waals surface area contributed by atoms with Crippen molar-refractivity contribution in [3.8, 4) is 17.2 Å². The van der Waals surface area contributed by atoms with Crippen LogP contribution in [0.3, 0.4) is 0 Å². The van der Waals surface area contributed by atoms with Gasteiger partial charge in [-0.05, 0) is 83.5 Å². The molecule has 0 atom stereocenters. The lowest BCUT2D eigenvalue weighted by molar-refractivity contribution is 0.0966. The van der Waals surface area contributed by atoms with Crippen LogP contribution < -0.4 is 4.90 Å². The van der Waals surface area contributed by atoms with Crippen LogP contribution in [0, 0.1) is 18.3 Å². The first-order valence-electron chi connectivity index (χ1n) is 9.60. The van der Waals surface area contributed by atoms with E-state index in [4.69, 9.17) is 9.68 Å². The number of nitrogens with zero attached hydrogens (tertiary/aromatic N) is 2. The maximum absolute atomic E-state index is 12.7. The Morgan fingerprint density at radius 1 is 1.14 bits per heavy atom. The molecule has 1 saturated heterocycles. The summed E-state index contributed by atoms with van der Waals surface area (Å²) < 4.78 is 5.32. The van der Waals surface area contributed by atoms with Crippen molar-refractivity contribution in [3.63, 3.8) is 0 Å². The largest absolute Gasteiger partial charge is 0.442 e. The maximum Gasteiger partial charge on any atom is 0.204 e. The Morgan fingerprint density at radius 3 is 2.64 bits per heavy atom. The van der Waals surface area contributed by atoms with Gasteiger partial charge in [-0.25, -0.2) is 0 Å². The van der Waals surface area contributed by atoms with E-state index in [1.165, 1.54) is 42.1 Å². The zero-order valence-corrected chi connectivity index (χ0v) is 16.7. The molecule has 1 fully saturated rings. The van der Waals surface area contributed by atoms with E-state index in [9.17, 15) is 4.79 Å². The first-order valence-corrected chi connectivity index (χ1v) is 10.5. The van der Waals surface area contributed by atoms with Crippen LogP contribution in [0.4, 0.5) is 5.69 Å². The molecule has 0 aliphatic carbocycles. The number of hydrogen-bond acceptors (Lipinski definition) is 5. The van der Waals surface area contributed by atoms with Crippen LogP contribution in [0.2, 0.25) is 0 Å². The molecule has 2 aromatic heterocycles. The second kappa shape index (κ2) is 8.04. The van der Waals surface area contributed by atoms with Crippen LogP contribution >= 0.6 is 11.3 Å². The highest BCUT2D eigenvalue weighted by Crippen LogP contribution is 2.34. The van der Waals surface area contributed by atoms with E-state index in [1.54, 1.807) is 17.4 Å². The monoisotopic (exact) mass is 390 g/mol. The van der Waals surface area contributed by atoms with E-state index in [2.05, 4.69) is 40.8 Å². The molecule has 0 bridgehead atoms. The standard InChI is InChI=1S/C23H22N2O2S/c1-16-14-28-15-21(16)20-12-18(25-9-3-2-4-10-25)6-5-17(20)11-22(26)23-8-7-19(13-24)27-23/h5-8,12,14-15H,2-4,9-11H2,1H3. The fourth-order valence-corrected chi connectivity index (χ4v) is 4.61. The Kier molecular flexibility index (Phi) is 5.31. The molecule has 4 rings (SSSR count). The Bertz CT molecular complexity index is 1040. The van der Waals surface area contributed by atoms with Gasteiger partial charge in [0.15, 0.2) is 5.76 Å². The van der Waals surface area contributed by atoms with Gasteiger partial charge in [-0.2, -0.15) is 16.6 Å². The number of carbonyl (C=O) groups excluding carboxylic acids is 1. The Hall–Kier alpha value is -2.84. The van der Waals surface area contributed by atoms with Gasteiger partial charge in [-0.15, -0.1) is 0 Å². The minimum absolute atomic E-state index is 0.110. The number of aryl methyl sites for hydroxylation is 1. The van der Waals surface area contributed by atoms with Crippen molar-refractivity contribution in [3.05, 3.63) is 63.7 Å². The Labute approximate surface area is 169 Å². The summed E-state index contributed by atoms with van der Waals surface area (Å²) in [4.78, 5) is 15.2. The molecule has 1 aliphatic rings. The van der Waals surface area contributed by atoms with Gasteiger partial charge in [0.25, 0.3) is 0 Å². The number of carbonyl (C=O) groups is 1. The highest BCUT2D eigenvalue weighted by molar-refractivity contribution is 7.08. The molecular weight excluding hydrogens is 368 g/mol. The molecule has 0 radical (unpaired) electrons.